The normalized spacial score (nSPS) is 13.2. The Morgan fingerprint density at radius 2 is 1.80 bits per heavy atom. The molecule has 0 atom stereocenters. The van der Waals surface area contributed by atoms with Crippen LogP contribution in [0.5, 0.6) is 11.5 Å². The predicted octanol–water partition coefficient (Wildman–Crippen LogP) is 1.17. The van der Waals surface area contributed by atoms with Crippen LogP contribution >= 0.6 is 0 Å². The molecule has 0 saturated heterocycles. The van der Waals surface area contributed by atoms with E-state index in [1.54, 1.807) is 12.1 Å². The average molecular weight is 414 g/mol. The fourth-order valence-electron chi connectivity index (χ4n) is 3.28. The minimum absolute atomic E-state index is 0.125. The van der Waals surface area contributed by atoms with Crippen molar-refractivity contribution in [3.8, 4) is 11.5 Å². The van der Waals surface area contributed by atoms with Crippen LogP contribution in [0.4, 0.5) is 0 Å². The number of ether oxygens (including phenoxy) is 2. The van der Waals surface area contributed by atoms with E-state index in [9.17, 15) is 19.2 Å². The molecule has 2 aromatic rings. The van der Waals surface area contributed by atoms with Crippen LogP contribution in [0.1, 0.15) is 18.4 Å². The van der Waals surface area contributed by atoms with E-state index in [4.69, 9.17) is 13.9 Å². The lowest BCUT2D eigenvalue weighted by Gasteiger charge is -2.14. The third-order valence-electron chi connectivity index (χ3n) is 4.73. The molecule has 1 N–H and O–H groups in total. The molecule has 1 aromatic carbocycles. The van der Waals surface area contributed by atoms with Crippen LogP contribution in [-0.2, 0) is 20.8 Å². The number of nitrogens with zero attached hydrogens (tertiary/aromatic N) is 1. The molecule has 9 heteroatoms. The maximum Gasteiger partial charge on any atom is 0.336 e. The zero-order chi connectivity index (χ0) is 21.7. The van der Waals surface area contributed by atoms with Crippen molar-refractivity contribution in [2.45, 2.75) is 19.3 Å². The molecule has 0 fully saturated rings. The Balaban J connectivity index is 1.59. The van der Waals surface area contributed by atoms with Crippen molar-refractivity contribution in [2.24, 2.45) is 0 Å². The highest BCUT2D eigenvalue weighted by atomic mass is 16.5. The van der Waals surface area contributed by atoms with Gasteiger partial charge < -0.3 is 19.2 Å². The first-order valence-electron chi connectivity index (χ1n) is 9.42. The number of fused-ring (bicyclic) bond motifs is 1. The number of imide groups is 1. The Labute approximate surface area is 172 Å². The second-order valence-corrected chi connectivity index (χ2v) is 6.66. The molecule has 1 aliphatic heterocycles. The van der Waals surface area contributed by atoms with E-state index in [-0.39, 0.29) is 37.2 Å². The van der Waals surface area contributed by atoms with E-state index in [1.807, 2.05) is 0 Å². The van der Waals surface area contributed by atoms with Crippen molar-refractivity contribution in [1.82, 2.24) is 10.2 Å². The zero-order valence-electron chi connectivity index (χ0n) is 16.7. The number of hydrogen-bond acceptors (Lipinski definition) is 7. The molecule has 0 saturated carbocycles. The number of amides is 3. The maximum absolute atomic E-state index is 12.1. The van der Waals surface area contributed by atoms with Gasteiger partial charge in [-0.2, -0.15) is 0 Å². The van der Waals surface area contributed by atoms with Crippen LogP contribution in [0.3, 0.4) is 0 Å². The number of carbonyl (C=O) groups is 3. The summed E-state index contributed by atoms with van der Waals surface area (Å²) in [7, 11) is 3.02. The van der Waals surface area contributed by atoms with Crippen LogP contribution in [0.2, 0.25) is 0 Å². The van der Waals surface area contributed by atoms with Gasteiger partial charge in [-0.05, 0) is 18.4 Å². The first-order chi connectivity index (χ1) is 14.4. The van der Waals surface area contributed by atoms with Gasteiger partial charge in [0.15, 0.2) is 0 Å². The Bertz CT molecular complexity index is 1050. The van der Waals surface area contributed by atoms with E-state index in [2.05, 4.69) is 5.32 Å². The Hall–Kier alpha value is -3.62. The highest BCUT2D eigenvalue weighted by Crippen LogP contribution is 2.33. The number of methoxy groups -OCH3 is 2. The third kappa shape index (κ3) is 4.68. The second kappa shape index (κ2) is 9.25. The van der Waals surface area contributed by atoms with Crippen LogP contribution in [0, 0.1) is 0 Å². The van der Waals surface area contributed by atoms with Gasteiger partial charge in [-0.25, -0.2) is 4.79 Å². The van der Waals surface area contributed by atoms with Gasteiger partial charge in [-0.15, -0.1) is 0 Å². The van der Waals surface area contributed by atoms with Crippen molar-refractivity contribution < 1.29 is 28.3 Å². The van der Waals surface area contributed by atoms with Gasteiger partial charge in [-0.1, -0.05) is 0 Å². The first-order valence-corrected chi connectivity index (χ1v) is 9.42. The third-order valence-corrected chi connectivity index (χ3v) is 4.73. The molecule has 1 aliphatic rings. The minimum Gasteiger partial charge on any atom is -0.496 e. The van der Waals surface area contributed by atoms with E-state index in [1.165, 1.54) is 32.4 Å². The molecule has 0 unspecified atom stereocenters. The van der Waals surface area contributed by atoms with Gasteiger partial charge in [-0.3, -0.25) is 19.3 Å². The van der Waals surface area contributed by atoms with E-state index < -0.39 is 5.63 Å². The summed E-state index contributed by atoms with van der Waals surface area (Å²) in [4.78, 5) is 48.0. The van der Waals surface area contributed by atoms with E-state index in [0.717, 1.165) is 4.90 Å². The smallest absolute Gasteiger partial charge is 0.336 e. The molecule has 0 radical (unpaired) electrons. The molecule has 158 valence electrons. The summed E-state index contributed by atoms with van der Waals surface area (Å²) in [5.74, 6) is 0.0532. The lowest BCUT2D eigenvalue weighted by atomic mass is 10.0. The predicted molar refractivity (Wildman–Crippen MR) is 107 cm³/mol. The number of carbonyl (C=O) groups excluding carboxylic acids is 3. The van der Waals surface area contributed by atoms with Crippen molar-refractivity contribution in [3.05, 3.63) is 46.3 Å². The Kier molecular flexibility index (Phi) is 6.51. The van der Waals surface area contributed by atoms with Crippen LogP contribution in [-0.4, -0.2) is 49.9 Å². The van der Waals surface area contributed by atoms with Crippen molar-refractivity contribution in [3.63, 3.8) is 0 Å². The van der Waals surface area contributed by atoms with Gasteiger partial charge in [0.25, 0.3) is 11.8 Å². The largest absolute Gasteiger partial charge is 0.496 e. The molecular weight excluding hydrogens is 392 g/mol. The summed E-state index contributed by atoms with van der Waals surface area (Å²) in [6.07, 6.45) is 3.58. The summed E-state index contributed by atoms with van der Waals surface area (Å²) in [5.41, 5.74) is 0.574. The highest BCUT2D eigenvalue weighted by molar-refractivity contribution is 6.12. The summed E-state index contributed by atoms with van der Waals surface area (Å²) in [5, 5.41) is 3.35. The standard InChI is InChI=1S/C21H22N2O7/c1-28-14-11-15(29-2)21-13(10-20(27)30-16(21)12-14)4-3-5-17(24)22-8-9-23-18(25)6-7-19(23)26/h6-7,10-12H,3-5,8-9H2,1-2H3,(H,22,24). The quantitative estimate of drug-likeness (QED) is 0.484. The Morgan fingerprint density at radius 3 is 2.47 bits per heavy atom. The monoisotopic (exact) mass is 414 g/mol. The summed E-state index contributed by atoms with van der Waals surface area (Å²) in [6.45, 7) is 0.309. The molecule has 1 aromatic heterocycles. The lowest BCUT2D eigenvalue weighted by molar-refractivity contribution is -0.137. The molecule has 30 heavy (non-hydrogen) atoms. The Morgan fingerprint density at radius 1 is 1.07 bits per heavy atom. The van der Waals surface area contributed by atoms with Gasteiger partial charge in [0.05, 0.1) is 19.6 Å². The van der Waals surface area contributed by atoms with E-state index in [0.29, 0.717) is 40.9 Å². The number of aryl methyl sites for hydroxylation is 1. The van der Waals surface area contributed by atoms with Crippen LogP contribution in [0.25, 0.3) is 11.0 Å². The maximum atomic E-state index is 12.1. The fraction of sp³-hybridized carbons (Fsp3) is 0.333. The topological polar surface area (TPSA) is 115 Å². The molecule has 3 amide bonds. The summed E-state index contributed by atoms with van der Waals surface area (Å²) in [6, 6.07) is 4.71. The second-order valence-electron chi connectivity index (χ2n) is 6.66. The summed E-state index contributed by atoms with van der Waals surface area (Å²) < 4.78 is 15.9. The van der Waals surface area contributed by atoms with Gasteiger partial charge in [0.1, 0.15) is 17.1 Å². The zero-order valence-corrected chi connectivity index (χ0v) is 16.7. The van der Waals surface area contributed by atoms with Crippen molar-refractivity contribution in [2.75, 3.05) is 27.3 Å². The van der Waals surface area contributed by atoms with Gasteiger partial charge in [0, 0.05) is 49.9 Å². The molecule has 2 heterocycles. The highest BCUT2D eigenvalue weighted by Gasteiger charge is 2.22. The summed E-state index contributed by atoms with van der Waals surface area (Å²) >= 11 is 0. The molecule has 0 aliphatic carbocycles. The van der Waals surface area contributed by atoms with E-state index >= 15 is 0 Å². The van der Waals surface area contributed by atoms with Crippen molar-refractivity contribution in [1.29, 1.82) is 0 Å². The van der Waals surface area contributed by atoms with Crippen LogP contribution < -0.4 is 20.4 Å². The van der Waals surface area contributed by atoms with Crippen LogP contribution in [0.15, 0.2) is 39.6 Å². The number of rotatable bonds is 9. The molecule has 0 spiro atoms. The molecule has 3 rings (SSSR count). The van der Waals surface area contributed by atoms with Gasteiger partial charge in [0.2, 0.25) is 5.91 Å². The van der Waals surface area contributed by atoms with Gasteiger partial charge >= 0.3 is 5.63 Å². The minimum atomic E-state index is -0.495. The first kappa shape index (κ1) is 21.1. The molecule has 9 nitrogen and oxygen atoms in total. The fourth-order valence-corrected chi connectivity index (χ4v) is 3.28. The number of benzene rings is 1. The average Bonchev–Trinajstić information content (AvgIpc) is 3.04. The number of nitrogens with one attached hydrogen (secondary N) is 1. The van der Waals surface area contributed by atoms with Crippen molar-refractivity contribution >= 4 is 28.7 Å². The number of hydrogen-bond donors (Lipinski definition) is 1. The molecular formula is C21H22N2O7. The lowest BCUT2D eigenvalue weighted by Crippen LogP contribution is -2.38. The molecule has 0 bridgehead atoms. The SMILES string of the molecule is COc1cc(OC)c2c(CCCC(=O)NCCN3C(=O)C=CC3=O)cc(=O)oc2c1.